The summed E-state index contributed by atoms with van der Waals surface area (Å²) in [4.78, 5) is 25.3. The Morgan fingerprint density at radius 3 is 2.77 bits per heavy atom. The van der Waals surface area contributed by atoms with E-state index in [4.69, 9.17) is 4.42 Å². The highest BCUT2D eigenvalue weighted by Crippen LogP contribution is 2.37. The molecule has 0 radical (unpaired) electrons. The zero-order valence-electron chi connectivity index (χ0n) is 16.5. The van der Waals surface area contributed by atoms with Gasteiger partial charge in [0.2, 0.25) is 21.8 Å². The van der Waals surface area contributed by atoms with E-state index in [1.807, 2.05) is 6.92 Å². The zero-order valence-corrected chi connectivity index (χ0v) is 18.1. The lowest BCUT2D eigenvalue weighted by Crippen LogP contribution is -2.42. The van der Waals surface area contributed by atoms with Gasteiger partial charge in [0.25, 0.3) is 0 Å². The molecule has 0 bridgehead atoms. The number of piperidine rings is 1. The van der Waals surface area contributed by atoms with Crippen molar-refractivity contribution in [2.75, 3.05) is 18.4 Å². The van der Waals surface area contributed by atoms with Crippen LogP contribution in [-0.4, -0.2) is 42.9 Å². The summed E-state index contributed by atoms with van der Waals surface area (Å²) in [5.41, 5.74) is 0.524. The van der Waals surface area contributed by atoms with Gasteiger partial charge in [0, 0.05) is 23.9 Å². The molecule has 3 heterocycles. The fourth-order valence-electron chi connectivity index (χ4n) is 3.59. The third-order valence-electron chi connectivity index (χ3n) is 5.36. The monoisotopic (exact) mass is 449 g/mol. The van der Waals surface area contributed by atoms with Crippen LogP contribution in [0, 0.1) is 5.92 Å². The number of carbonyl (C=O) groups excluding carboxylic acids is 2. The molecule has 2 aromatic rings. The first kappa shape index (κ1) is 21.0. The van der Waals surface area contributed by atoms with E-state index >= 15 is 0 Å². The highest BCUT2D eigenvalue weighted by molar-refractivity contribution is 8.01. The van der Waals surface area contributed by atoms with Gasteiger partial charge in [-0.3, -0.25) is 9.59 Å². The van der Waals surface area contributed by atoms with Crippen LogP contribution in [0.1, 0.15) is 25.5 Å². The normalized spacial score (nSPS) is 20.4. The topological polar surface area (TPSA) is 109 Å². The lowest BCUT2D eigenvalue weighted by atomic mass is 9.97. The number of carbonyl (C=O) groups is 2. The number of fused-ring (bicyclic) bond motifs is 1. The fourth-order valence-corrected chi connectivity index (χ4v) is 6.01. The van der Waals surface area contributed by atoms with E-state index < -0.39 is 10.0 Å². The fraction of sp³-hybridized carbons (Fsp3) is 0.400. The molecular weight excluding hydrogens is 426 g/mol. The van der Waals surface area contributed by atoms with Gasteiger partial charge in [-0.05, 0) is 50.1 Å². The van der Waals surface area contributed by atoms with Gasteiger partial charge < -0.3 is 15.1 Å². The Labute approximate surface area is 179 Å². The van der Waals surface area contributed by atoms with E-state index in [1.54, 1.807) is 30.5 Å². The molecule has 0 aliphatic carbocycles. The average Bonchev–Trinajstić information content (AvgIpc) is 3.26. The lowest BCUT2D eigenvalue weighted by Gasteiger charge is -2.31. The van der Waals surface area contributed by atoms with Gasteiger partial charge in [0.15, 0.2) is 0 Å². The summed E-state index contributed by atoms with van der Waals surface area (Å²) in [5.74, 6) is 0.219. The van der Waals surface area contributed by atoms with Gasteiger partial charge in [-0.2, -0.15) is 4.31 Å². The second kappa shape index (κ2) is 8.44. The van der Waals surface area contributed by atoms with Crippen molar-refractivity contribution in [3.63, 3.8) is 0 Å². The number of nitrogens with one attached hydrogen (secondary N) is 2. The third kappa shape index (κ3) is 4.26. The largest absolute Gasteiger partial charge is 0.467 e. The van der Waals surface area contributed by atoms with Gasteiger partial charge in [0.1, 0.15) is 5.76 Å². The number of amides is 2. The van der Waals surface area contributed by atoms with Crippen LogP contribution in [0.25, 0.3) is 0 Å². The van der Waals surface area contributed by atoms with Crippen LogP contribution in [0.2, 0.25) is 0 Å². The van der Waals surface area contributed by atoms with Crippen LogP contribution in [0.4, 0.5) is 5.69 Å². The van der Waals surface area contributed by atoms with Crippen molar-refractivity contribution in [1.29, 1.82) is 0 Å². The molecule has 8 nitrogen and oxygen atoms in total. The molecule has 2 amide bonds. The summed E-state index contributed by atoms with van der Waals surface area (Å²) in [6.07, 6.45) is 2.47. The quantitative estimate of drug-likeness (QED) is 0.726. The van der Waals surface area contributed by atoms with Crippen molar-refractivity contribution in [3.8, 4) is 0 Å². The molecule has 0 spiro atoms. The second-order valence-corrected chi connectivity index (χ2v) is 10.7. The molecule has 1 aromatic heterocycles. The SMILES string of the molecule is C[C@H]1Sc2ccc(S(=O)(=O)N3CCC(C(=O)NCc4ccco4)CC3)cc2NC1=O. The summed E-state index contributed by atoms with van der Waals surface area (Å²) in [7, 11) is -3.70. The third-order valence-corrected chi connectivity index (χ3v) is 8.43. The minimum Gasteiger partial charge on any atom is -0.467 e. The van der Waals surface area contributed by atoms with E-state index in [-0.39, 0.29) is 41.0 Å². The molecule has 160 valence electrons. The molecule has 1 saturated heterocycles. The number of anilines is 1. The molecule has 30 heavy (non-hydrogen) atoms. The van der Waals surface area contributed by atoms with Gasteiger partial charge in [-0.15, -0.1) is 11.8 Å². The molecule has 2 aliphatic rings. The number of sulfonamides is 1. The van der Waals surface area contributed by atoms with Crippen LogP contribution in [-0.2, 0) is 26.2 Å². The molecular formula is C20H23N3O5S2. The molecule has 1 fully saturated rings. The number of hydrogen-bond donors (Lipinski definition) is 2. The van der Waals surface area contributed by atoms with Crippen molar-refractivity contribution in [2.24, 2.45) is 5.92 Å². The smallest absolute Gasteiger partial charge is 0.243 e. The van der Waals surface area contributed by atoms with Gasteiger partial charge in [0.05, 0.1) is 28.6 Å². The maximum atomic E-state index is 13.1. The van der Waals surface area contributed by atoms with Crippen LogP contribution in [0.5, 0.6) is 0 Å². The molecule has 4 rings (SSSR count). The Balaban J connectivity index is 1.38. The van der Waals surface area contributed by atoms with Crippen LogP contribution in [0.15, 0.2) is 50.8 Å². The van der Waals surface area contributed by atoms with Gasteiger partial charge >= 0.3 is 0 Å². The van der Waals surface area contributed by atoms with Crippen LogP contribution in [0.3, 0.4) is 0 Å². The Bertz CT molecular complexity index is 1040. The summed E-state index contributed by atoms with van der Waals surface area (Å²) in [6, 6.07) is 8.38. The molecule has 2 aliphatic heterocycles. The number of rotatable bonds is 5. The number of hydrogen-bond acceptors (Lipinski definition) is 6. The Kier molecular flexibility index (Phi) is 5.90. The average molecular weight is 450 g/mol. The van der Waals surface area contributed by atoms with E-state index in [0.717, 1.165) is 4.90 Å². The van der Waals surface area contributed by atoms with E-state index in [0.29, 0.717) is 30.8 Å². The maximum Gasteiger partial charge on any atom is 0.243 e. The van der Waals surface area contributed by atoms with Crippen molar-refractivity contribution in [3.05, 3.63) is 42.4 Å². The number of nitrogens with zero attached hydrogens (tertiary/aromatic N) is 1. The standard InChI is InChI=1S/C20H23N3O5S2/c1-13-19(24)22-17-11-16(4-5-18(17)29-13)30(26,27)23-8-6-14(7-9-23)20(25)21-12-15-3-2-10-28-15/h2-5,10-11,13-14H,6-9,12H2,1H3,(H,21,25)(H,22,24)/t13-/m1/s1. The summed E-state index contributed by atoms with van der Waals surface area (Å²) >= 11 is 1.41. The minimum absolute atomic E-state index is 0.0916. The maximum absolute atomic E-state index is 13.1. The predicted molar refractivity (Wildman–Crippen MR) is 112 cm³/mol. The summed E-state index contributed by atoms with van der Waals surface area (Å²) in [6.45, 7) is 2.68. The van der Waals surface area contributed by atoms with E-state index in [1.165, 1.54) is 22.1 Å². The molecule has 2 N–H and O–H groups in total. The van der Waals surface area contributed by atoms with Crippen LogP contribution >= 0.6 is 11.8 Å². The minimum atomic E-state index is -3.70. The zero-order chi connectivity index (χ0) is 21.3. The highest BCUT2D eigenvalue weighted by Gasteiger charge is 2.33. The lowest BCUT2D eigenvalue weighted by molar-refractivity contribution is -0.126. The first-order chi connectivity index (χ1) is 14.3. The molecule has 0 saturated carbocycles. The molecule has 1 aromatic carbocycles. The Hall–Kier alpha value is -2.30. The number of benzene rings is 1. The molecule has 1 atom stereocenters. The molecule has 10 heteroatoms. The van der Waals surface area contributed by atoms with E-state index in [2.05, 4.69) is 10.6 Å². The second-order valence-electron chi connectivity index (χ2n) is 7.38. The predicted octanol–water partition coefficient (Wildman–Crippen LogP) is 2.43. The Morgan fingerprint density at radius 1 is 1.30 bits per heavy atom. The van der Waals surface area contributed by atoms with Gasteiger partial charge in [-0.25, -0.2) is 8.42 Å². The number of thioether (sulfide) groups is 1. The van der Waals surface area contributed by atoms with Gasteiger partial charge in [-0.1, -0.05) is 0 Å². The number of furan rings is 1. The Morgan fingerprint density at radius 2 is 2.07 bits per heavy atom. The molecule has 0 unspecified atom stereocenters. The van der Waals surface area contributed by atoms with Crippen molar-refractivity contribution < 1.29 is 22.4 Å². The van der Waals surface area contributed by atoms with Crippen molar-refractivity contribution >= 4 is 39.3 Å². The highest BCUT2D eigenvalue weighted by atomic mass is 32.2. The summed E-state index contributed by atoms with van der Waals surface area (Å²) < 4.78 is 32.8. The van der Waals surface area contributed by atoms with E-state index in [9.17, 15) is 18.0 Å². The first-order valence-electron chi connectivity index (χ1n) is 9.76. The first-order valence-corrected chi connectivity index (χ1v) is 12.1. The summed E-state index contributed by atoms with van der Waals surface area (Å²) in [5, 5.41) is 5.40. The van der Waals surface area contributed by atoms with Crippen molar-refractivity contribution in [2.45, 2.75) is 41.4 Å². The van der Waals surface area contributed by atoms with Crippen molar-refractivity contribution in [1.82, 2.24) is 9.62 Å². The van der Waals surface area contributed by atoms with Crippen LogP contribution < -0.4 is 10.6 Å².